The van der Waals surface area contributed by atoms with Crippen LogP contribution in [0.25, 0.3) is 0 Å². The van der Waals surface area contributed by atoms with Crippen LogP contribution in [0.2, 0.25) is 0 Å². The van der Waals surface area contributed by atoms with E-state index in [-0.39, 0.29) is 12.8 Å². The first kappa shape index (κ1) is 16.3. The molecule has 2 nitrogen and oxygen atoms in total. The second-order valence-corrected chi connectivity index (χ2v) is 5.82. The normalized spacial score (nSPS) is 17.2. The first-order valence-electron chi connectivity index (χ1n) is 7.55. The first-order valence-corrected chi connectivity index (χ1v) is 7.55. The smallest absolute Gasteiger partial charge is 0.0846 e. The minimum atomic E-state index is -0.297. The molecule has 1 aliphatic rings. The van der Waals surface area contributed by atoms with E-state index in [4.69, 9.17) is 0 Å². The van der Waals surface area contributed by atoms with Gasteiger partial charge in [0.1, 0.15) is 0 Å². The number of benzene rings is 2. The lowest BCUT2D eigenvalue weighted by Gasteiger charge is -2.37. The van der Waals surface area contributed by atoms with E-state index < -0.39 is 0 Å². The molecular weight excluding hydrogens is 268 g/mol. The largest absolute Gasteiger partial charge is 0.299 e. The molecule has 2 aromatic rings. The van der Waals surface area contributed by atoms with E-state index in [1.807, 2.05) is 18.2 Å². The molecule has 0 aromatic heterocycles. The van der Waals surface area contributed by atoms with Gasteiger partial charge in [-0.2, -0.15) is 5.26 Å². The second kappa shape index (κ2) is 7.24. The van der Waals surface area contributed by atoms with Crippen molar-refractivity contribution in [2.45, 2.75) is 32.2 Å². The SMILES string of the molecule is C.N#CC1(c2ccccc2)CCN(Cc2ccccc2)CC1. The van der Waals surface area contributed by atoms with Gasteiger partial charge in [-0.25, -0.2) is 0 Å². The van der Waals surface area contributed by atoms with Gasteiger partial charge < -0.3 is 0 Å². The Kier molecular flexibility index (Phi) is 5.35. The van der Waals surface area contributed by atoms with Gasteiger partial charge in [0.2, 0.25) is 0 Å². The number of hydrogen-bond acceptors (Lipinski definition) is 2. The lowest BCUT2D eigenvalue weighted by atomic mass is 9.74. The molecule has 0 spiro atoms. The van der Waals surface area contributed by atoms with E-state index in [1.54, 1.807) is 0 Å². The van der Waals surface area contributed by atoms with E-state index in [9.17, 15) is 5.26 Å². The summed E-state index contributed by atoms with van der Waals surface area (Å²) in [5, 5.41) is 9.70. The first-order chi connectivity index (χ1) is 10.3. The topological polar surface area (TPSA) is 27.0 Å². The summed E-state index contributed by atoms with van der Waals surface area (Å²) in [6.07, 6.45) is 1.83. The Morgan fingerprint density at radius 1 is 0.909 bits per heavy atom. The van der Waals surface area contributed by atoms with Crippen molar-refractivity contribution in [1.29, 1.82) is 5.26 Å². The zero-order valence-electron chi connectivity index (χ0n) is 12.2. The molecular formula is C20H24N2. The van der Waals surface area contributed by atoms with Crippen molar-refractivity contribution in [2.75, 3.05) is 13.1 Å². The van der Waals surface area contributed by atoms with Gasteiger partial charge in [-0.3, -0.25) is 4.90 Å². The molecule has 0 unspecified atom stereocenters. The fraction of sp³-hybridized carbons (Fsp3) is 0.350. The van der Waals surface area contributed by atoms with Crippen LogP contribution in [0.5, 0.6) is 0 Å². The molecule has 2 aromatic carbocycles. The Balaban J connectivity index is 0.00000176. The van der Waals surface area contributed by atoms with Gasteiger partial charge in [-0.15, -0.1) is 0 Å². The lowest BCUT2D eigenvalue weighted by molar-refractivity contribution is 0.179. The summed E-state index contributed by atoms with van der Waals surface area (Å²) in [5.74, 6) is 0. The average Bonchev–Trinajstić information content (AvgIpc) is 2.58. The third-order valence-electron chi connectivity index (χ3n) is 4.50. The van der Waals surface area contributed by atoms with E-state index in [0.29, 0.717) is 0 Å². The Bertz CT molecular complexity index is 605. The Morgan fingerprint density at radius 2 is 1.45 bits per heavy atom. The van der Waals surface area contributed by atoms with E-state index in [1.165, 1.54) is 11.1 Å². The number of hydrogen-bond donors (Lipinski definition) is 0. The molecule has 0 saturated carbocycles. The quantitative estimate of drug-likeness (QED) is 0.839. The highest BCUT2D eigenvalue weighted by Crippen LogP contribution is 2.35. The number of nitrogens with zero attached hydrogens (tertiary/aromatic N) is 2. The Labute approximate surface area is 134 Å². The van der Waals surface area contributed by atoms with Gasteiger partial charge in [-0.1, -0.05) is 68.1 Å². The molecule has 0 N–H and O–H groups in total. The van der Waals surface area contributed by atoms with Crippen LogP contribution in [0.4, 0.5) is 0 Å². The number of likely N-dealkylation sites (tertiary alicyclic amines) is 1. The highest BCUT2D eigenvalue weighted by Gasteiger charge is 2.36. The fourth-order valence-corrected chi connectivity index (χ4v) is 3.16. The second-order valence-electron chi connectivity index (χ2n) is 5.82. The number of piperidine rings is 1. The van der Waals surface area contributed by atoms with Gasteiger partial charge in [0.25, 0.3) is 0 Å². The minimum Gasteiger partial charge on any atom is -0.299 e. The van der Waals surface area contributed by atoms with Crippen LogP contribution in [0.1, 0.15) is 31.4 Å². The molecule has 1 fully saturated rings. The molecule has 0 aliphatic carbocycles. The predicted octanol–water partition coefficient (Wildman–Crippen LogP) is 4.38. The highest BCUT2D eigenvalue weighted by atomic mass is 15.1. The molecule has 0 radical (unpaired) electrons. The zero-order chi connectivity index (χ0) is 14.5. The molecule has 114 valence electrons. The van der Waals surface area contributed by atoms with Crippen LogP contribution in [-0.2, 0) is 12.0 Å². The van der Waals surface area contributed by atoms with Crippen LogP contribution in [0.3, 0.4) is 0 Å². The Hall–Kier alpha value is -2.11. The summed E-state index contributed by atoms with van der Waals surface area (Å²) >= 11 is 0. The summed E-state index contributed by atoms with van der Waals surface area (Å²) in [6, 6.07) is 23.4. The zero-order valence-corrected chi connectivity index (χ0v) is 12.2. The molecule has 0 atom stereocenters. The molecule has 1 saturated heterocycles. The molecule has 0 bridgehead atoms. The third kappa shape index (κ3) is 3.37. The van der Waals surface area contributed by atoms with Crippen molar-refractivity contribution >= 4 is 0 Å². The maximum Gasteiger partial charge on any atom is 0.0846 e. The number of rotatable bonds is 3. The van der Waals surface area contributed by atoms with Crippen LogP contribution in [-0.4, -0.2) is 18.0 Å². The third-order valence-corrected chi connectivity index (χ3v) is 4.50. The summed E-state index contributed by atoms with van der Waals surface area (Å²) < 4.78 is 0. The van der Waals surface area contributed by atoms with Crippen molar-refractivity contribution in [2.24, 2.45) is 0 Å². The molecule has 0 amide bonds. The van der Waals surface area contributed by atoms with Crippen molar-refractivity contribution in [3.63, 3.8) is 0 Å². The predicted molar refractivity (Wildman–Crippen MR) is 91.4 cm³/mol. The maximum absolute atomic E-state index is 9.70. The highest BCUT2D eigenvalue weighted by molar-refractivity contribution is 5.33. The van der Waals surface area contributed by atoms with E-state index >= 15 is 0 Å². The molecule has 22 heavy (non-hydrogen) atoms. The standard InChI is InChI=1S/C19H20N2.CH4/c20-16-19(18-9-5-2-6-10-18)11-13-21(14-12-19)15-17-7-3-1-4-8-17;/h1-10H,11-15H2;1H4. The summed E-state index contributed by atoms with van der Waals surface area (Å²) in [6.45, 7) is 2.95. The molecule has 1 aliphatic heterocycles. The lowest BCUT2D eigenvalue weighted by Crippen LogP contribution is -2.41. The van der Waals surface area contributed by atoms with Crippen LogP contribution >= 0.6 is 0 Å². The van der Waals surface area contributed by atoms with Crippen molar-refractivity contribution in [1.82, 2.24) is 4.90 Å². The molecule has 1 heterocycles. The van der Waals surface area contributed by atoms with Crippen molar-refractivity contribution in [3.8, 4) is 6.07 Å². The van der Waals surface area contributed by atoms with E-state index in [2.05, 4.69) is 53.4 Å². The van der Waals surface area contributed by atoms with Crippen molar-refractivity contribution in [3.05, 3.63) is 71.8 Å². The monoisotopic (exact) mass is 292 g/mol. The van der Waals surface area contributed by atoms with E-state index in [0.717, 1.165) is 32.5 Å². The minimum absolute atomic E-state index is 0. The Morgan fingerprint density at radius 3 is 2.00 bits per heavy atom. The average molecular weight is 292 g/mol. The number of nitriles is 1. The molecule has 3 rings (SSSR count). The van der Waals surface area contributed by atoms with Crippen molar-refractivity contribution < 1.29 is 0 Å². The summed E-state index contributed by atoms with van der Waals surface area (Å²) in [7, 11) is 0. The fourth-order valence-electron chi connectivity index (χ4n) is 3.16. The van der Waals surface area contributed by atoms with Gasteiger partial charge >= 0.3 is 0 Å². The summed E-state index contributed by atoms with van der Waals surface area (Å²) in [5.41, 5.74) is 2.22. The van der Waals surface area contributed by atoms with Crippen LogP contribution in [0.15, 0.2) is 60.7 Å². The summed E-state index contributed by atoms with van der Waals surface area (Å²) in [4.78, 5) is 2.45. The maximum atomic E-state index is 9.70. The van der Waals surface area contributed by atoms with Crippen LogP contribution < -0.4 is 0 Å². The van der Waals surface area contributed by atoms with Gasteiger partial charge in [0, 0.05) is 19.6 Å². The van der Waals surface area contributed by atoms with Gasteiger partial charge in [-0.05, 0) is 24.0 Å². The van der Waals surface area contributed by atoms with Gasteiger partial charge in [0.05, 0.1) is 11.5 Å². The molecule has 2 heteroatoms. The van der Waals surface area contributed by atoms with Gasteiger partial charge in [0.15, 0.2) is 0 Å². The van der Waals surface area contributed by atoms with Crippen LogP contribution in [0, 0.1) is 11.3 Å².